The number of aromatic carboxylic acids is 1. The van der Waals surface area contributed by atoms with Gasteiger partial charge in [-0.25, -0.2) is 13.6 Å². The zero-order valence-electron chi connectivity index (χ0n) is 29.9. The summed E-state index contributed by atoms with van der Waals surface area (Å²) in [5.41, 5.74) is 5.75. The van der Waals surface area contributed by atoms with Crippen LogP contribution in [0.1, 0.15) is 110 Å². The number of aromatic nitrogens is 4. The van der Waals surface area contributed by atoms with Crippen molar-refractivity contribution in [1.82, 2.24) is 24.5 Å². The number of halogens is 2. The van der Waals surface area contributed by atoms with E-state index >= 15 is 0 Å². The Balaban J connectivity index is 1.03. The first-order valence-corrected chi connectivity index (χ1v) is 18.6. The number of nitrogens with zero attached hydrogens (tertiary/aromatic N) is 6. The first-order chi connectivity index (χ1) is 25.1. The molecule has 0 bridgehead atoms. The summed E-state index contributed by atoms with van der Waals surface area (Å²) in [6.45, 7) is 3.39. The SMILES string of the molecule is CC(=O)N1CCc2c(c(N3CCCc4cc(-c5cnn(C)c5)c(C(F)F)cc43)nn2C2CCC3(CCC(Oc4ccc(C(=O)O)cc4)CC3)CC2)C1. The van der Waals surface area contributed by atoms with E-state index in [1.165, 1.54) is 5.69 Å². The Morgan fingerprint density at radius 1 is 1.00 bits per heavy atom. The summed E-state index contributed by atoms with van der Waals surface area (Å²) in [4.78, 5) is 27.8. The highest BCUT2D eigenvalue weighted by Crippen LogP contribution is 2.51. The normalized spacial score (nSPS) is 23.1. The van der Waals surface area contributed by atoms with Gasteiger partial charge in [-0.05, 0) is 117 Å². The van der Waals surface area contributed by atoms with Crippen molar-refractivity contribution in [1.29, 1.82) is 0 Å². The molecule has 1 amide bonds. The molecule has 2 aliphatic heterocycles. The van der Waals surface area contributed by atoms with Gasteiger partial charge in [0.25, 0.3) is 6.43 Å². The van der Waals surface area contributed by atoms with E-state index in [0.717, 1.165) is 93.3 Å². The number of anilines is 2. The lowest BCUT2D eigenvalue weighted by atomic mass is 9.64. The fraction of sp³-hybridized carbons (Fsp3) is 0.500. The van der Waals surface area contributed by atoms with Gasteiger partial charge in [-0.2, -0.15) is 10.2 Å². The standard InChI is InChI=1S/C40H46F2N6O4/c1-25(49)46-19-13-35-34(24-46)38(47-18-3-4-27-20-32(28-22-43-45(2)23-28)33(37(41)42)21-36(27)47)44-48(35)29-9-14-40(15-10-29)16-11-31(12-17-40)52-30-7-5-26(6-8-30)39(50)51/h5-8,20-23,29,31,37H,3-4,9-19,24H2,1-2H3,(H,50,51). The molecule has 0 atom stereocenters. The zero-order valence-corrected chi connectivity index (χ0v) is 29.9. The number of aryl methyl sites for hydroxylation is 2. The van der Waals surface area contributed by atoms with Crippen LogP contribution in [0.2, 0.25) is 0 Å². The van der Waals surface area contributed by atoms with Crippen molar-refractivity contribution in [2.75, 3.05) is 18.0 Å². The van der Waals surface area contributed by atoms with Crippen molar-refractivity contribution in [2.45, 2.75) is 103 Å². The van der Waals surface area contributed by atoms with Crippen molar-refractivity contribution in [3.63, 3.8) is 0 Å². The fourth-order valence-corrected chi connectivity index (χ4v) is 9.23. The number of rotatable bonds is 7. The van der Waals surface area contributed by atoms with Crippen LogP contribution in [0, 0.1) is 5.41 Å². The third-order valence-corrected chi connectivity index (χ3v) is 12.1. The molecule has 2 fully saturated rings. The molecule has 8 rings (SSSR count). The molecular weight excluding hydrogens is 666 g/mol. The van der Waals surface area contributed by atoms with E-state index in [2.05, 4.69) is 14.7 Å². The Hall–Kier alpha value is -4.74. The molecule has 10 nitrogen and oxygen atoms in total. The number of carbonyl (C=O) groups is 2. The second-order valence-corrected chi connectivity index (χ2v) is 15.3. The summed E-state index contributed by atoms with van der Waals surface area (Å²) in [6.07, 6.45) is 11.7. The number of carboxylic acid groups (broad SMARTS) is 1. The Labute approximate surface area is 302 Å². The van der Waals surface area contributed by atoms with Gasteiger partial charge in [-0.3, -0.25) is 14.2 Å². The van der Waals surface area contributed by atoms with Gasteiger partial charge in [-0.15, -0.1) is 0 Å². The molecule has 4 heterocycles. The molecule has 274 valence electrons. The lowest BCUT2D eigenvalue weighted by Crippen LogP contribution is -2.37. The molecule has 1 N–H and O–H groups in total. The number of hydrogen-bond acceptors (Lipinski definition) is 6. The Bertz CT molecular complexity index is 1970. The van der Waals surface area contributed by atoms with Crippen LogP contribution in [0.15, 0.2) is 48.8 Å². The first kappa shape index (κ1) is 34.4. The summed E-state index contributed by atoms with van der Waals surface area (Å²) in [5, 5.41) is 18.8. The van der Waals surface area contributed by atoms with Crippen molar-refractivity contribution in [2.24, 2.45) is 12.5 Å². The van der Waals surface area contributed by atoms with Gasteiger partial charge in [0.2, 0.25) is 5.91 Å². The Morgan fingerprint density at radius 2 is 1.73 bits per heavy atom. The monoisotopic (exact) mass is 712 g/mol. The number of amides is 1. The van der Waals surface area contributed by atoms with Gasteiger partial charge >= 0.3 is 5.97 Å². The molecule has 2 aliphatic carbocycles. The average Bonchev–Trinajstić information content (AvgIpc) is 3.75. The van der Waals surface area contributed by atoms with Crippen LogP contribution >= 0.6 is 0 Å². The smallest absolute Gasteiger partial charge is 0.335 e. The maximum atomic E-state index is 14.7. The minimum atomic E-state index is -2.65. The van der Waals surface area contributed by atoms with Gasteiger partial charge in [0, 0.05) is 67.8 Å². The van der Waals surface area contributed by atoms with Gasteiger partial charge in [0.05, 0.1) is 30.5 Å². The highest BCUT2D eigenvalue weighted by molar-refractivity contribution is 5.87. The molecule has 2 aromatic heterocycles. The quantitative estimate of drug-likeness (QED) is 0.207. The maximum Gasteiger partial charge on any atom is 0.335 e. The highest BCUT2D eigenvalue weighted by atomic mass is 19.3. The van der Waals surface area contributed by atoms with E-state index in [1.54, 1.807) is 61.4 Å². The topological polar surface area (TPSA) is 106 Å². The van der Waals surface area contributed by atoms with Crippen molar-refractivity contribution >= 4 is 23.4 Å². The summed E-state index contributed by atoms with van der Waals surface area (Å²) in [5.74, 6) is 0.599. The first-order valence-electron chi connectivity index (χ1n) is 18.6. The van der Waals surface area contributed by atoms with E-state index < -0.39 is 12.4 Å². The minimum Gasteiger partial charge on any atom is -0.490 e. The highest BCUT2D eigenvalue weighted by Gasteiger charge is 2.41. The molecule has 0 saturated heterocycles. The predicted molar refractivity (Wildman–Crippen MR) is 192 cm³/mol. The van der Waals surface area contributed by atoms with Crippen LogP contribution in [0.3, 0.4) is 0 Å². The van der Waals surface area contributed by atoms with Crippen LogP contribution in [-0.2, 0) is 31.2 Å². The van der Waals surface area contributed by atoms with E-state index in [0.29, 0.717) is 36.5 Å². The van der Waals surface area contributed by atoms with Gasteiger partial charge < -0.3 is 19.6 Å². The van der Waals surface area contributed by atoms with Crippen LogP contribution in [0.25, 0.3) is 11.1 Å². The molecule has 4 aromatic rings. The van der Waals surface area contributed by atoms with Gasteiger partial charge in [0.15, 0.2) is 5.82 Å². The van der Waals surface area contributed by atoms with Crippen LogP contribution < -0.4 is 9.64 Å². The molecular formula is C40H46F2N6O4. The fourth-order valence-electron chi connectivity index (χ4n) is 9.23. The molecule has 12 heteroatoms. The molecule has 0 unspecified atom stereocenters. The summed E-state index contributed by atoms with van der Waals surface area (Å²) < 4.78 is 39.4. The van der Waals surface area contributed by atoms with E-state index in [1.807, 2.05) is 11.0 Å². The largest absolute Gasteiger partial charge is 0.490 e. The lowest BCUT2D eigenvalue weighted by molar-refractivity contribution is -0.129. The second-order valence-electron chi connectivity index (χ2n) is 15.3. The van der Waals surface area contributed by atoms with E-state index in [9.17, 15) is 23.5 Å². The van der Waals surface area contributed by atoms with Crippen molar-refractivity contribution in [3.8, 4) is 16.9 Å². The number of alkyl halides is 2. The number of carbonyl (C=O) groups excluding carboxylic acids is 1. The second kappa shape index (κ2) is 13.7. The van der Waals surface area contributed by atoms with Crippen LogP contribution in [0.5, 0.6) is 5.75 Å². The van der Waals surface area contributed by atoms with E-state index in [4.69, 9.17) is 9.84 Å². The van der Waals surface area contributed by atoms with E-state index in [-0.39, 0.29) is 34.6 Å². The summed E-state index contributed by atoms with van der Waals surface area (Å²) >= 11 is 0. The van der Waals surface area contributed by atoms with Crippen LogP contribution in [-0.4, -0.2) is 60.6 Å². The Kier molecular flexibility index (Phi) is 9.03. The molecule has 2 saturated carbocycles. The number of fused-ring (bicyclic) bond motifs is 2. The third kappa shape index (κ3) is 6.45. The van der Waals surface area contributed by atoms with Gasteiger partial charge in [-0.1, -0.05) is 0 Å². The zero-order chi connectivity index (χ0) is 36.1. The predicted octanol–water partition coefficient (Wildman–Crippen LogP) is 8.03. The molecule has 1 spiro atoms. The number of benzene rings is 2. The molecule has 0 radical (unpaired) electrons. The molecule has 2 aromatic carbocycles. The summed E-state index contributed by atoms with van der Waals surface area (Å²) in [7, 11) is 1.79. The third-order valence-electron chi connectivity index (χ3n) is 12.1. The number of ether oxygens (including phenoxy) is 1. The Morgan fingerprint density at radius 3 is 2.38 bits per heavy atom. The maximum absolute atomic E-state index is 14.7. The molecule has 4 aliphatic rings. The number of hydrogen-bond donors (Lipinski definition) is 1. The van der Waals surface area contributed by atoms with Crippen LogP contribution in [0.4, 0.5) is 20.3 Å². The number of carboxylic acids is 1. The molecule has 52 heavy (non-hydrogen) atoms. The van der Waals surface area contributed by atoms with Crippen molar-refractivity contribution < 1.29 is 28.2 Å². The minimum absolute atomic E-state index is 0.00824. The van der Waals surface area contributed by atoms with Crippen molar-refractivity contribution in [3.05, 3.63) is 76.7 Å². The average molecular weight is 713 g/mol. The summed E-state index contributed by atoms with van der Waals surface area (Å²) in [6, 6.07) is 10.5. The van der Waals surface area contributed by atoms with Gasteiger partial charge in [0.1, 0.15) is 5.75 Å². The lowest BCUT2D eigenvalue weighted by Gasteiger charge is -2.45.